The molecule has 1 unspecified atom stereocenters. The van der Waals surface area contributed by atoms with Gasteiger partial charge in [0.05, 0.1) is 23.0 Å². The number of nitrogens with one attached hydrogen (secondary N) is 1. The number of amides is 1. The van der Waals surface area contributed by atoms with Crippen LogP contribution in [0.1, 0.15) is 23.7 Å². The molecule has 0 saturated carbocycles. The highest BCUT2D eigenvalue weighted by molar-refractivity contribution is 5.94. The molecule has 0 fully saturated rings. The minimum Gasteiger partial charge on any atom is -0.481 e. The van der Waals surface area contributed by atoms with E-state index in [-0.39, 0.29) is 5.91 Å². The zero-order chi connectivity index (χ0) is 24.5. The van der Waals surface area contributed by atoms with Gasteiger partial charge in [0.2, 0.25) is 0 Å². The number of hydrogen-bond donors (Lipinski definition) is 1. The van der Waals surface area contributed by atoms with Crippen molar-refractivity contribution in [2.24, 2.45) is 0 Å². The SMILES string of the molecule is Cc1ccc(-n2ncc3c(-n4nc(C)cc4NC(=O)C(C)Oc4ccccc4)ncnc32)c(C)c1. The van der Waals surface area contributed by atoms with Crippen molar-refractivity contribution in [3.63, 3.8) is 0 Å². The number of aromatic nitrogens is 6. The molecule has 9 heteroatoms. The van der Waals surface area contributed by atoms with Crippen LogP contribution in [0, 0.1) is 20.8 Å². The molecule has 35 heavy (non-hydrogen) atoms. The van der Waals surface area contributed by atoms with Crippen LogP contribution in [0.2, 0.25) is 0 Å². The van der Waals surface area contributed by atoms with E-state index >= 15 is 0 Å². The van der Waals surface area contributed by atoms with Crippen LogP contribution in [0.5, 0.6) is 5.75 Å². The summed E-state index contributed by atoms with van der Waals surface area (Å²) in [7, 11) is 0. The van der Waals surface area contributed by atoms with Gasteiger partial charge in [-0.25, -0.2) is 14.6 Å². The molecule has 3 aromatic heterocycles. The summed E-state index contributed by atoms with van der Waals surface area (Å²) in [5, 5.41) is 12.8. The molecule has 5 rings (SSSR count). The number of aryl methyl sites for hydroxylation is 3. The second-order valence-electron chi connectivity index (χ2n) is 8.43. The monoisotopic (exact) mass is 467 g/mol. The molecule has 5 aromatic rings. The number of benzene rings is 2. The standard InChI is InChI=1S/C26H25N7O2/c1-16-10-11-22(17(2)12-16)32-24-21(14-29-32)25(28-15-27-24)33-23(13-18(3)31-33)30-26(34)19(4)35-20-8-6-5-7-9-20/h5-15,19H,1-4H3,(H,30,34). The van der Waals surface area contributed by atoms with Crippen molar-refractivity contribution in [3.05, 3.63) is 83.9 Å². The summed E-state index contributed by atoms with van der Waals surface area (Å²) in [6, 6.07) is 17.2. The lowest BCUT2D eigenvalue weighted by molar-refractivity contribution is -0.122. The molecule has 0 spiro atoms. The first kappa shape index (κ1) is 22.3. The van der Waals surface area contributed by atoms with Crippen molar-refractivity contribution in [2.75, 3.05) is 5.32 Å². The zero-order valence-corrected chi connectivity index (χ0v) is 19.9. The fourth-order valence-electron chi connectivity index (χ4n) is 3.95. The number of nitrogens with zero attached hydrogens (tertiary/aromatic N) is 6. The molecular formula is C26H25N7O2. The molecular weight excluding hydrogens is 442 g/mol. The van der Waals surface area contributed by atoms with Crippen LogP contribution in [0.25, 0.3) is 22.5 Å². The fourth-order valence-corrected chi connectivity index (χ4v) is 3.95. The molecule has 1 N–H and O–H groups in total. The van der Waals surface area contributed by atoms with Gasteiger partial charge in [0.25, 0.3) is 5.91 Å². The summed E-state index contributed by atoms with van der Waals surface area (Å²) >= 11 is 0. The lowest BCUT2D eigenvalue weighted by Gasteiger charge is -2.15. The number of rotatable bonds is 6. The predicted octanol–water partition coefficient (Wildman–Crippen LogP) is 4.33. The summed E-state index contributed by atoms with van der Waals surface area (Å²) in [5.74, 6) is 1.32. The van der Waals surface area contributed by atoms with Gasteiger partial charge in [-0.2, -0.15) is 14.9 Å². The van der Waals surface area contributed by atoms with E-state index in [4.69, 9.17) is 4.74 Å². The Morgan fingerprint density at radius 3 is 2.57 bits per heavy atom. The molecule has 2 aromatic carbocycles. The Kier molecular flexibility index (Phi) is 5.74. The number of ether oxygens (including phenoxy) is 1. The topological polar surface area (TPSA) is 99.8 Å². The van der Waals surface area contributed by atoms with E-state index in [1.807, 2.05) is 56.3 Å². The number of para-hydroxylation sites is 1. The van der Waals surface area contributed by atoms with Gasteiger partial charge in [0.1, 0.15) is 17.9 Å². The molecule has 176 valence electrons. The molecule has 1 amide bonds. The third kappa shape index (κ3) is 4.35. The first-order valence-corrected chi connectivity index (χ1v) is 11.3. The van der Waals surface area contributed by atoms with Gasteiger partial charge in [-0.15, -0.1) is 0 Å². The Morgan fingerprint density at radius 1 is 1.00 bits per heavy atom. The van der Waals surface area contributed by atoms with E-state index < -0.39 is 6.10 Å². The van der Waals surface area contributed by atoms with Crippen molar-refractivity contribution in [1.82, 2.24) is 29.5 Å². The van der Waals surface area contributed by atoms with Gasteiger partial charge >= 0.3 is 0 Å². The fraction of sp³-hybridized carbons (Fsp3) is 0.192. The first-order valence-electron chi connectivity index (χ1n) is 11.3. The van der Waals surface area contributed by atoms with E-state index in [9.17, 15) is 4.79 Å². The Morgan fingerprint density at radius 2 is 1.80 bits per heavy atom. The molecule has 3 heterocycles. The van der Waals surface area contributed by atoms with E-state index in [0.29, 0.717) is 28.4 Å². The molecule has 0 saturated heterocycles. The third-order valence-electron chi connectivity index (χ3n) is 5.63. The average Bonchev–Trinajstić information content (AvgIpc) is 3.43. The highest BCUT2D eigenvalue weighted by atomic mass is 16.5. The van der Waals surface area contributed by atoms with Gasteiger partial charge in [-0.3, -0.25) is 4.79 Å². The van der Waals surface area contributed by atoms with E-state index in [0.717, 1.165) is 16.9 Å². The molecule has 0 radical (unpaired) electrons. The Labute approximate surface area is 202 Å². The van der Waals surface area contributed by atoms with E-state index in [1.165, 1.54) is 11.9 Å². The summed E-state index contributed by atoms with van der Waals surface area (Å²) < 4.78 is 9.15. The number of carbonyl (C=O) groups excluding carboxylic acids is 1. The summed E-state index contributed by atoms with van der Waals surface area (Å²) in [6.07, 6.45) is 2.48. The van der Waals surface area contributed by atoms with Crippen LogP contribution >= 0.6 is 0 Å². The van der Waals surface area contributed by atoms with Gasteiger partial charge in [0.15, 0.2) is 17.6 Å². The maximum Gasteiger partial charge on any atom is 0.266 e. The van der Waals surface area contributed by atoms with Gasteiger partial charge in [0, 0.05) is 6.07 Å². The molecule has 1 atom stereocenters. The normalized spacial score (nSPS) is 12.0. The van der Waals surface area contributed by atoms with Gasteiger partial charge < -0.3 is 10.1 Å². The van der Waals surface area contributed by atoms with Crippen molar-refractivity contribution < 1.29 is 9.53 Å². The van der Waals surface area contributed by atoms with E-state index in [2.05, 4.69) is 38.5 Å². The largest absolute Gasteiger partial charge is 0.481 e. The minimum absolute atomic E-state index is 0.300. The molecule has 0 aliphatic heterocycles. The van der Waals surface area contributed by atoms with Crippen molar-refractivity contribution >= 4 is 22.8 Å². The highest BCUT2D eigenvalue weighted by Gasteiger charge is 2.21. The summed E-state index contributed by atoms with van der Waals surface area (Å²) in [5.41, 5.74) is 4.58. The number of hydrogen-bond acceptors (Lipinski definition) is 6. The van der Waals surface area contributed by atoms with Crippen molar-refractivity contribution in [1.29, 1.82) is 0 Å². The first-order chi connectivity index (χ1) is 16.9. The Balaban J connectivity index is 1.48. The Hall–Kier alpha value is -4.53. The predicted molar refractivity (Wildman–Crippen MR) is 133 cm³/mol. The minimum atomic E-state index is -0.710. The van der Waals surface area contributed by atoms with Crippen LogP contribution in [0.3, 0.4) is 0 Å². The van der Waals surface area contributed by atoms with Crippen LogP contribution in [-0.4, -0.2) is 41.5 Å². The van der Waals surface area contributed by atoms with Gasteiger partial charge in [-0.1, -0.05) is 35.9 Å². The molecule has 0 bridgehead atoms. The molecule has 0 aliphatic carbocycles. The Bertz CT molecular complexity index is 1520. The van der Waals surface area contributed by atoms with Crippen LogP contribution in [0.15, 0.2) is 67.1 Å². The van der Waals surface area contributed by atoms with Crippen LogP contribution in [0.4, 0.5) is 5.82 Å². The lowest BCUT2D eigenvalue weighted by atomic mass is 10.1. The maximum absolute atomic E-state index is 12.9. The summed E-state index contributed by atoms with van der Waals surface area (Å²) in [6.45, 7) is 7.65. The molecule has 9 nitrogen and oxygen atoms in total. The second kappa shape index (κ2) is 9.02. The molecule has 0 aliphatic rings. The lowest BCUT2D eigenvalue weighted by Crippen LogP contribution is -2.31. The van der Waals surface area contributed by atoms with Crippen LogP contribution in [-0.2, 0) is 4.79 Å². The number of fused-ring (bicyclic) bond motifs is 1. The van der Waals surface area contributed by atoms with Crippen molar-refractivity contribution in [2.45, 2.75) is 33.8 Å². The van der Waals surface area contributed by atoms with Crippen LogP contribution < -0.4 is 10.1 Å². The quantitative estimate of drug-likeness (QED) is 0.399. The zero-order valence-electron chi connectivity index (χ0n) is 19.9. The second-order valence-corrected chi connectivity index (χ2v) is 8.43. The van der Waals surface area contributed by atoms with Crippen molar-refractivity contribution in [3.8, 4) is 17.3 Å². The third-order valence-corrected chi connectivity index (χ3v) is 5.63. The maximum atomic E-state index is 12.9. The summed E-state index contributed by atoms with van der Waals surface area (Å²) in [4.78, 5) is 21.8. The van der Waals surface area contributed by atoms with E-state index in [1.54, 1.807) is 28.6 Å². The van der Waals surface area contributed by atoms with Gasteiger partial charge in [-0.05, 0) is 51.5 Å². The number of anilines is 1. The highest BCUT2D eigenvalue weighted by Crippen LogP contribution is 2.25. The average molecular weight is 468 g/mol. The number of carbonyl (C=O) groups is 1. The smallest absolute Gasteiger partial charge is 0.266 e.